The minimum atomic E-state index is 0.0288. The number of hydrogen-bond donors (Lipinski definition) is 0. The topological polar surface area (TPSA) is 54.3 Å². The number of carbonyl (C=O) groups excluding carboxylic acids is 1. The van der Waals surface area contributed by atoms with E-state index in [2.05, 4.69) is 45.3 Å². The highest BCUT2D eigenvalue weighted by molar-refractivity contribution is 5.92. The number of amides is 1. The molecule has 0 N–H and O–H groups in total. The smallest absolute Gasteiger partial charge is 0.272 e. The molecule has 2 fully saturated rings. The molecule has 4 heterocycles. The number of rotatable bonds is 4. The van der Waals surface area contributed by atoms with Crippen molar-refractivity contribution in [3.8, 4) is 5.82 Å². The molecule has 1 unspecified atom stereocenters. The summed E-state index contributed by atoms with van der Waals surface area (Å²) in [7, 11) is 0. The van der Waals surface area contributed by atoms with Crippen molar-refractivity contribution in [1.82, 2.24) is 24.6 Å². The largest absolute Gasteiger partial charge is 0.337 e. The Bertz CT molecular complexity index is 1000. The number of carbonyl (C=O) groups is 1. The summed E-state index contributed by atoms with van der Waals surface area (Å²) >= 11 is 0. The van der Waals surface area contributed by atoms with E-state index in [0.29, 0.717) is 11.5 Å². The van der Waals surface area contributed by atoms with Gasteiger partial charge in [0, 0.05) is 44.0 Å². The lowest BCUT2D eigenvalue weighted by Gasteiger charge is -2.40. The van der Waals surface area contributed by atoms with Gasteiger partial charge in [-0.1, -0.05) is 36.4 Å². The van der Waals surface area contributed by atoms with Crippen LogP contribution in [0.15, 0.2) is 67.0 Å². The minimum Gasteiger partial charge on any atom is -0.337 e. The van der Waals surface area contributed by atoms with E-state index in [0.717, 1.165) is 39.1 Å². The van der Waals surface area contributed by atoms with Gasteiger partial charge in [-0.05, 0) is 49.6 Å². The molecule has 2 aliphatic rings. The van der Waals surface area contributed by atoms with Crippen LogP contribution in [-0.4, -0.2) is 56.7 Å². The molecule has 2 saturated heterocycles. The summed E-state index contributed by atoms with van der Waals surface area (Å²) in [5.41, 5.74) is 2.07. The van der Waals surface area contributed by atoms with Gasteiger partial charge in [0.25, 0.3) is 5.91 Å². The highest BCUT2D eigenvalue weighted by Gasteiger charge is 2.43. The number of nitrogens with zero attached hydrogens (tertiary/aromatic N) is 5. The molecule has 1 aromatic carbocycles. The summed E-state index contributed by atoms with van der Waals surface area (Å²) in [6, 6.07) is 18.1. The van der Waals surface area contributed by atoms with Gasteiger partial charge >= 0.3 is 0 Å². The lowest BCUT2D eigenvalue weighted by Crippen LogP contribution is -2.45. The van der Waals surface area contributed by atoms with Crippen molar-refractivity contribution < 1.29 is 4.79 Å². The molecule has 5 rings (SSSR count). The van der Waals surface area contributed by atoms with Crippen molar-refractivity contribution in [3.05, 3.63) is 78.2 Å². The average molecular weight is 402 g/mol. The second-order valence-electron chi connectivity index (χ2n) is 8.61. The van der Waals surface area contributed by atoms with Crippen LogP contribution in [0.4, 0.5) is 0 Å². The molecule has 154 valence electrons. The molecule has 6 heteroatoms. The summed E-state index contributed by atoms with van der Waals surface area (Å²) in [6.07, 6.45) is 7.02. The predicted octanol–water partition coefficient (Wildman–Crippen LogP) is 3.40. The molecule has 1 amide bonds. The number of pyridine rings is 1. The van der Waals surface area contributed by atoms with Crippen molar-refractivity contribution in [2.75, 3.05) is 26.2 Å². The van der Waals surface area contributed by atoms with Gasteiger partial charge in [-0.3, -0.25) is 9.69 Å². The second kappa shape index (κ2) is 8.03. The maximum atomic E-state index is 13.2. The molecule has 0 radical (unpaired) electrons. The van der Waals surface area contributed by atoms with Crippen molar-refractivity contribution in [3.63, 3.8) is 0 Å². The summed E-state index contributed by atoms with van der Waals surface area (Å²) in [5, 5.41) is 4.22. The minimum absolute atomic E-state index is 0.0288. The monoisotopic (exact) mass is 401 g/mol. The molecule has 1 spiro atoms. The van der Waals surface area contributed by atoms with Crippen molar-refractivity contribution in [1.29, 1.82) is 0 Å². The van der Waals surface area contributed by atoms with E-state index in [-0.39, 0.29) is 11.3 Å². The van der Waals surface area contributed by atoms with Crippen LogP contribution in [0, 0.1) is 5.41 Å². The zero-order valence-corrected chi connectivity index (χ0v) is 17.2. The van der Waals surface area contributed by atoms with Gasteiger partial charge in [0.1, 0.15) is 5.69 Å². The van der Waals surface area contributed by atoms with E-state index in [1.165, 1.54) is 18.4 Å². The number of hydrogen-bond acceptors (Lipinski definition) is 4. The van der Waals surface area contributed by atoms with E-state index in [1.807, 2.05) is 35.4 Å². The highest BCUT2D eigenvalue weighted by Crippen LogP contribution is 2.39. The Morgan fingerprint density at radius 1 is 0.967 bits per heavy atom. The molecule has 0 saturated carbocycles. The summed E-state index contributed by atoms with van der Waals surface area (Å²) in [4.78, 5) is 22.3. The standard InChI is InChI=1S/C24H27N5O/c30-23(21-9-4-10-22(26-21)29-15-6-13-25-29)28-16-12-24(19-28)11-5-14-27(18-24)17-20-7-2-1-3-8-20/h1-4,6-10,13,15H,5,11-12,14,16-19H2. The van der Waals surface area contributed by atoms with Gasteiger partial charge in [0.05, 0.1) is 0 Å². The molecule has 30 heavy (non-hydrogen) atoms. The number of piperidine rings is 1. The Labute approximate surface area is 177 Å². The van der Waals surface area contributed by atoms with Crippen LogP contribution in [0.1, 0.15) is 35.3 Å². The van der Waals surface area contributed by atoms with Gasteiger partial charge in [0.2, 0.25) is 0 Å². The number of aromatic nitrogens is 3. The van der Waals surface area contributed by atoms with Gasteiger partial charge in [-0.2, -0.15) is 5.10 Å². The van der Waals surface area contributed by atoms with E-state index < -0.39 is 0 Å². The zero-order chi connectivity index (χ0) is 20.4. The van der Waals surface area contributed by atoms with Crippen molar-refractivity contribution in [2.24, 2.45) is 5.41 Å². The van der Waals surface area contributed by atoms with Crippen LogP contribution in [0.3, 0.4) is 0 Å². The van der Waals surface area contributed by atoms with Crippen LogP contribution < -0.4 is 0 Å². The summed E-state index contributed by atoms with van der Waals surface area (Å²) in [5.74, 6) is 0.701. The summed E-state index contributed by atoms with van der Waals surface area (Å²) in [6.45, 7) is 4.82. The van der Waals surface area contributed by atoms with Gasteiger partial charge in [-0.15, -0.1) is 0 Å². The van der Waals surface area contributed by atoms with Gasteiger partial charge < -0.3 is 4.90 Å². The lowest BCUT2D eigenvalue weighted by atomic mass is 9.79. The normalized spacial score (nSPS) is 21.9. The van der Waals surface area contributed by atoms with Gasteiger partial charge in [-0.25, -0.2) is 9.67 Å². The average Bonchev–Trinajstić information content (AvgIpc) is 3.45. The van der Waals surface area contributed by atoms with Crippen LogP contribution in [0.5, 0.6) is 0 Å². The Morgan fingerprint density at radius 3 is 2.70 bits per heavy atom. The number of likely N-dealkylation sites (tertiary alicyclic amines) is 2. The molecule has 2 aliphatic heterocycles. The summed E-state index contributed by atoms with van der Waals surface area (Å²) < 4.78 is 1.69. The fourth-order valence-electron chi connectivity index (χ4n) is 4.96. The Kier molecular flexibility index (Phi) is 5.09. The third-order valence-corrected chi connectivity index (χ3v) is 6.41. The molecule has 6 nitrogen and oxygen atoms in total. The van der Waals surface area contributed by atoms with Crippen LogP contribution in [-0.2, 0) is 6.54 Å². The van der Waals surface area contributed by atoms with Crippen molar-refractivity contribution >= 4 is 5.91 Å². The third-order valence-electron chi connectivity index (χ3n) is 6.41. The van der Waals surface area contributed by atoms with Gasteiger partial charge in [0.15, 0.2) is 5.82 Å². The Hall–Kier alpha value is -2.99. The SMILES string of the molecule is O=C(c1cccc(-n2cccn2)n1)N1CCC2(CCCN(Cc3ccccc3)C2)C1. The molecular weight excluding hydrogens is 374 g/mol. The molecule has 0 aliphatic carbocycles. The second-order valence-corrected chi connectivity index (χ2v) is 8.61. The first-order valence-electron chi connectivity index (χ1n) is 10.7. The van der Waals surface area contributed by atoms with E-state index in [4.69, 9.17) is 0 Å². The maximum absolute atomic E-state index is 13.2. The Morgan fingerprint density at radius 2 is 1.87 bits per heavy atom. The van der Waals surface area contributed by atoms with E-state index in [1.54, 1.807) is 10.9 Å². The molecule has 2 aromatic heterocycles. The zero-order valence-electron chi connectivity index (χ0n) is 17.2. The quantitative estimate of drug-likeness (QED) is 0.672. The van der Waals surface area contributed by atoms with E-state index in [9.17, 15) is 4.79 Å². The Balaban J connectivity index is 1.27. The van der Waals surface area contributed by atoms with Crippen LogP contribution >= 0.6 is 0 Å². The third kappa shape index (κ3) is 3.87. The first-order chi connectivity index (χ1) is 14.7. The molecule has 0 bridgehead atoms. The fraction of sp³-hybridized carbons (Fsp3) is 0.375. The molecular formula is C24H27N5O. The molecule has 3 aromatic rings. The van der Waals surface area contributed by atoms with Crippen LogP contribution in [0.25, 0.3) is 5.82 Å². The lowest BCUT2D eigenvalue weighted by molar-refractivity contribution is 0.0671. The van der Waals surface area contributed by atoms with Crippen LogP contribution in [0.2, 0.25) is 0 Å². The first-order valence-corrected chi connectivity index (χ1v) is 10.7. The predicted molar refractivity (Wildman–Crippen MR) is 115 cm³/mol. The highest BCUT2D eigenvalue weighted by atomic mass is 16.2. The molecule has 1 atom stereocenters. The van der Waals surface area contributed by atoms with E-state index >= 15 is 0 Å². The fourth-order valence-corrected chi connectivity index (χ4v) is 4.96. The first kappa shape index (κ1) is 19.0. The maximum Gasteiger partial charge on any atom is 0.272 e. The van der Waals surface area contributed by atoms with Crippen molar-refractivity contribution in [2.45, 2.75) is 25.8 Å². The number of benzene rings is 1.